The minimum Gasteiger partial charge on any atom is -0.462 e. The zero-order valence-electron chi connectivity index (χ0n) is 19.0. The molecule has 4 fully saturated rings. The van der Waals surface area contributed by atoms with Crippen LogP contribution in [0.4, 0.5) is 0 Å². The number of rotatable bonds is 3. The standard InChI is InChI=1S/C25H36O5/c1-14(28-15(2)26)25-22(30-25)13-21-19-7-6-17-12-18(29-16(3)27)8-10-23(17,4)20(19)9-11-24(21,25)5/h6,14,18-22H,7-13H2,1-5H3/t14-,18+,19+,20-,21+,22+,23+,24+,25+/m1/s1. The normalized spacial score (nSPS) is 49.5. The van der Waals surface area contributed by atoms with Crippen LogP contribution in [0.5, 0.6) is 0 Å². The van der Waals surface area contributed by atoms with Gasteiger partial charge in [0.1, 0.15) is 17.8 Å². The molecule has 30 heavy (non-hydrogen) atoms. The second-order valence-electron chi connectivity index (χ2n) is 11.1. The summed E-state index contributed by atoms with van der Waals surface area (Å²) in [5, 5.41) is 0. The van der Waals surface area contributed by atoms with E-state index in [2.05, 4.69) is 19.9 Å². The van der Waals surface area contributed by atoms with Gasteiger partial charge in [-0.1, -0.05) is 25.5 Å². The first kappa shape index (κ1) is 20.5. The van der Waals surface area contributed by atoms with Crippen LogP contribution in [0.3, 0.4) is 0 Å². The van der Waals surface area contributed by atoms with Crippen LogP contribution in [0, 0.1) is 28.6 Å². The van der Waals surface area contributed by atoms with Crippen molar-refractivity contribution in [2.24, 2.45) is 28.6 Å². The minimum absolute atomic E-state index is 0.0487. The van der Waals surface area contributed by atoms with Crippen LogP contribution in [0.25, 0.3) is 0 Å². The van der Waals surface area contributed by atoms with Gasteiger partial charge in [0.2, 0.25) is 0 Å². The third-order valence-electron chi connectivity index (χ3n) is 9.85. The van der Waals surface area contributed by atoms with E-state index in [0.717, 1.165) is 38.5 Å². The third-order valence-corrected chi connectivity index (χ3v) is 9.85. The lowest BCUT2D eigenvalue weighted by Gasteiger charge is -2.58. The average molecular weight is 417 g/mol. The number of esters is 2. The SMILES string of the molecule is CC(=O)O[C@H]1CC[C@@]2(C)C(=CC[C@H]3[C@H]2CC[C@@]2(C)[C@H]3C[C@@H]3O[C@@]32[C@@H](C)OC(C)=O)C1. The van der Waals surface area contributed by atoms with Crippen LogP contribution in [-0.4, -0.2) is 35.9 Å². The van der Waals surface area contributed by atoms with Crippen molar-refractivity contribution in [1.29, 1.82) is 0 Å². The van der Waals surface area contributed by atoms with Crippen molar-refractivity contribution in [3.8, 4) is 0 Å². The van der Waals surface area contributed by atoms with E-state index in [-0.39, 0.29) is 46.7 Å². The number of carbonyl (C=O) groups excluding carboxylic acids is 2. The highest BCUT2D eigenvalue weighted by Crippen LogP contribution is 2.74. The van der Waals surface area contributed by atoms with E-state index in [9.17, 15) is 9.59 Å². The molecule has 0 aromatic carbocycles. The lowest BCUT2D eigenvalue weighted by Crippen LogP contribution is -2.55. The number of epoxide rings is 1. The maximum atomic E-state index is 11.6. The fourth-order valence-corrected chi connectivity index (χ4v) is 8.52. The Morgan fingerprint density at radius 3 is 2.60 bits per heavy atom. The van der Waals surface area contributed by atoms with Crippen molar-refractivity contribution >= 4 is 11.9 Å². The fraction of sp³-hybridized carbons (Fsp3) is 0.840. The fourth-order valence-electron chi connectivity index (χ4n) is 8.52. The Labute approximate surface area is 179 Å². The first-order valence-electron chi connectivity index (χ1n) is 11.8. The Balaban J connectivity index is 1.40. The largest absolute Gasteiger partial charge is 0.462 e. The molecule has 5 nitrogen and oxygen atoms in total. The van der Waals surface area contributed by atoms with E-state index in [1.54, 1.807) is 0 Å². The number of hydrogen-bond donors (Lipinski definition) is 0. The molecule has 5 heteroatoms. The molecule has 0 aromatic rings. The first-order chi connectivity index (χ1) is 14.1. The van der Waals surface area contributed by atoms with Crippen molar-refractivity contribution in [2.75, 3.05) is 0 Å². The predicted octanol–water partition coefficient (Wildman–Crippen LogP) is 4.58. The number of allylic oxidation sites excluding steroid dienone is 1. The van der Waals surface area contributed by atoms with Crippen LogP contribution in [0.1, 0.15) is 79.6 Å². The molecule has 0 radical (unpaired) electrons. The molecule has 0 amide bonds. The van der Waals surface area contributed by atoms with Crippen molar-refractivity contribution in [1.82, 2.24) is 0 Å². The van der Waals surface area contributed by atoms with Gasteiger partial charge in [-0.15, -0.1) is 0 Å². The monoisotopic (exact) mass is 416 g/mol. The van der Waals surface area contributed by atoms with Gasteiger partial charge in [-0.25, -0.2) is 0 Å². The summed E-state index contributed by atoms with van der Waals surface area (Å²) < 4.78 is 17.5. The van der Waals surface area contributed by atoms with Gasteiger partial charge in [0.05, 0.1) is 6.10 Å². The zero-order valence-corrected chi connectivity index (χ0v) is 19.0. The summed E-state index contributed by atoms with van der Waals surface area (Å²) in [6.07, 6.45) is 10.1. The Hall–Kier alpha value is -1.36. The Kier molecular flexibility index (Phi) is 4.50. The van der Waals surface area contributed by atoms with Gasteiger partial charge in [-0.3, -0.25) is 9.59 Å². The van der Waals surface area contributed by atoms with Gasteiger partial charge in [0.25, 0.3) is 0 Å². The molecule has 9 atom stereocenters. The van der Waals surface area contributed by atoms with Crippen LogP contribution in [-0.2, 0) is 23.8 Å². The number of fused-ring (bicyclic) bond motifs is 7. The average Bonchev–Trinajstić information content (AvgIpc) is 3.33. The summed E-state index contributed by atoms with van der Waals surface area (Å²) in [5.74, 6) is 1.60. The predicted molar refractivity (Wildman–Crippen MR) is 111 cm³/mol. The minimum atomic E-state index is -0.286. The van der Waals surface area contributed by atoms with Gasteiger partial charge in [-0.05, 0) is 68.6 Å². The molecule has 0 bridgehead atoms. The highest BCUT2D eigenvalue weighted by atomic mass is 16.7. The Bertz CT molecular complexity index is 803. The second kappa shape index (κ2) is 6.57. The molecule has 3 saturated carbocycles. The molecule has 166 valence electrons. The van der Waals surface area contributed by atoms with Gasteiger partial charge in [-0.2, -0.15) is 0 Å². The lowest BCUT2D eigenvalue weighted by atomic mass is 9.47. The van der Waals surface area contributed by atoms with Crippen LogP contribution >= 0.6 is 0 Å². The van der Waals surface area contributed by atoms with E-state index in [1.807, 2.05) is 6.92 Å². The van der Waals surface area contributed by atoms with Gasteiger partial charge < -0.3 is 14.2 Å². The van der Waals surface area contributed by atoms with Gasteiger partial charge in [0, 0.05) is 25.7 Å². The van der Waals surface area contributed by atoms with Gasteiger partial charge in [0.15, 0.2) is 0 Å². The Morgan fingerprint density at radius 1 is 1.13 bits per heavy atom. The van der Waals surface area contributed by atoms with Crippen LogP contribution in [0.15, 0.2) is 11.6 Å². The van der Waals surface area contributed by atoms with E-state index in [1.165, 1.54) is 25.8 Å². The Morgan fingerprint density at radius 2 is 1.90 bits per heavy atom. The lowest BCUT2D eigenvalue weighted by molar-refractivity contribution is -0.159. The molecule has 1 heterocycles. The van der Waals surface area contributed by atoms with Crippen molar-refractivity contribution in [3.05, 3.63) is 11.6 Å². The van der Waals surface area contributed by atoms with Crippen molar-refractivity contribution in [2.45, 2.75) is 103 Å². The van der Waals surface area contributed by atoms with Crippen molar-refractivity contribution < 1.29 is 23.8 Å². The maximum absolute atomic E-state index is 11.6. The summed E-state index contributed by atoms with van der Waals surface area (Å²) in [5.41, 5.74) is 1.53. The molecule has 0 N–H and O–H groups in total. The van der Waals surface area contributed by atoms with Crippen molar-refractivity contribution in [3.63, 3.8) is 0 Å². The molecule has 0 spiro atoms. The summed E-state index contributed by atoms with van der Waals surface area (Å²) in [6, 6.07) is 0. The topological polar surface area (TPSA) is 65.1 Å². The highest BCUT2D eigenvalue weighted by Gasteiger charge is 2.79. The summed E-state index contributed by atoms with van der Waals surface area (Å²) >= 11 is 0. The molecule has 1 aliphatic heterocycles. The smallest absolute Gasteiger partial charge is 0.302 e. The highest BCUT2D eigenvalue weighted by molar-refractivity contribution is 5.66. The molecular formula is C25H36O5. The quantitative estimate of drug-likeness (QED) is 0.383. The second-order valence-corrected chi connectivity index (χ2v) is 11.1. The zero-order chi connectivity index (χ0) is 21.5. The number of hydrogen-bond acceptors (Lipinski definition) is 5. The summed E-state index contributed by atoms with van der Waals surface area (Å²) in [4.78, 5) is 23.1. The molecule has 0 aromatic heterocycles. The molecule has 1 saturated heterocycles. The van der Waals surface area contributed by atoms with Crippen LogP contribution in [0.2, 0.25) is 0 Å². The van der Waals surface area contributed by atoms with E-state index in [4.69, 9.17) is 14.2 Å². The molecule has 4 aliphatic carbocycles. The van der Waals surface area contributed by atoms with Crippen LogP contribution < -0.4 is 0 Å². The molecule has 0 unspecified atom stereocenters. The molecule has 5 aliphatic rings. The molecular weight excluding hydrogens is 380 g/mol. The van der Waals surface area contributed by atoms with E-state index >= 15 is 0 Å². The first-order valence-corrected chi connectivity index (χ1v) is 11.8. The number of carbonyl (C=O) groups is 2. The van der Waals surface area contributed by atoms with E-state index in [0.29, 0.717) is 17.8 Å². The van der Waals surface area contributed by atoms with E-state index < -0.39 is 0 Å². The molecule has 5 rings (SSSR count). The maximum Gasteiger partial charge on any atom is 0.302 e. The summed E-state index contributed by atoms with van der Waals surface area (Å²) in [6.45, 7) is 9.90. The van der Waals surface area contributed by atoms with Gasteiger partial charge >= 0.3 is 11.9 Å². The summed E-state index contributed by atoms with van der Waals surface area (Å²) in [7, 11) is 0. The number of ether oxygens (including phenoxy) is 3. The third kappa shape index (κ3) is 2.63.